The van der Waals surface area contributed by atoms with Crippen molar-refractivity contribution < 1.29 is 9.47 Å². The van der Waals surface area contributed by atoms with Crippen LogP contribution < -0.4 is 15.2 Å². The van der Waals surface area contributed by atoms with Gasteiger partial charge in [-0.05, 0) is 40.6 Å². The number of ether oxygens (including phenoxy) is 2. The maximum absolute atomic E-state index is 6.07. The lowest BCUT2D eigenvalue weighted by atomic mass is 10.1. The molecular weight excluding hydrogens is 298 g/mol. The summed E-state index contributed by atoms with van der Waals surface area (Å²) in [5.41, 5.74) is 7.02. The van der Waals surface area contributed by atoms with Crippen LogP contribution in [0.3, 0.4) is 0 Å². The highest BCUT2D eigenvalue weighted by atomic mass is 16.5. The Morgan fingerprint density at radius 1 is 0.917 bits per heavy atom. The van der Waals surface area contributed by atoms with Crippen LogP contribution in [-0.2, 0) is 0 Å². The first-order valence-electron chi connectivity index (χ1n) is 7.76. The average molecular weight is 317 g/mol. The predicted octanol–water partition coefficient (Wildman–Crippen LogP) is 3.93. The van der Waals surface area contributed by atoms with Crippen LogP contribution in [0.4, 0.5) is 0 Å². The molecule has 3 rings (SSSR count). The van der Waals surface area contributed by atoms with E-state index in [2.05, 4.69) is 24.0 Å². The van der Waals surface area contributed by atoms with Crippen LogP contribution in [0, 0.1) is 11.8 Å². The van der Waals surface area contributed by atoms with E-state index >= 15 is 0 Å². The van der Waals surface area contributed by atoms with Crippen molar-refractivity contribution in [2.75, 3.05) is 13.7 Å². The zero-order chi connectivity index (χ0) is 16.8. The molecule has 0 fully saturated rings. The van der Waals surface area contributed by atoms with E-state index in [1.807, 2.05) is 54.6 Å². The molecule has 24 heavy (non-hydrogen) atoms. The summed E-state index contributed by atoms with van der Waals surface area (Å²) >= 11 is 0. The molecule has 0 aliphatic rings. The molecular formula is C21H19NO2. The van der Waals surface area contributed by atoms with Crippen molar-refractivity contribution in [3.63, 3.8) is 0 Å². The molecule has 3 heteroatoms. The Labute approximate surface area is 142 Å². The van der Waals surface area contributed by atoms with Gasteiger partial charge < -0.3 is 15.2 Å². The summed E-state index contributed by atoms with van der Waals surface area (Å²) in [5.74, 6) is 7.60. The van der Waals surface area contributed by atoms with Crippen LogP contribution in [0.25, 0.3) is 10.8 Å². The fourth-order valence-corrected chi connectivity index (χ4v) is 2.42. The SMILES string of the molecule is COc1ccc(C(N)C#CCOc2ccc3ccccc3c2)cc1. The molecule has 0 amide bonds. The zero-order valence-corrected chi connectivity index (χ0v) is 13.5. The molecule has 0 saturated heterocycles. The van der Waals surface area contributed by atoms with Gasteiger partial charge >= 0.3 is 0 Å². The summed E-state index contributed by atoms with van der Waals surface area (Å²) in [6.07, 6.45) is 0. The highest BCUT2D eigenvalue weighted by molar-refractivity contribution is 5.83. The van der Waals surface area contributed by atoms with Gasteiger partial charge in [-0.2, -0.15) is 0 Å². The van der Waals surface area contributed by atoms with Crippen molar-refractivity contribution in [2.24, 2.45) is 5.73 Å². The van der Waals surface area contributed by atoms with Crippen molar-refractivity contribution in [1.29, 1.82) is 0 Å². The van der Waals surface area contributed by atoms with Crippen LogP contribution in [0.1, 0.15) is 11.6 Å². The minimum atomic E-state index is -0.337. The van der Waals surface area contributed by atoms with E-state index in [-0.39, 0.29) is 6.04 Å². The minimum Gasteiger partial charge on any atom is -0.497 e. The summed E-state index contributed by atoms with van der Waals surface area (Å²) in [4.78, 5) is 0. The van der Waals surface area contributed by atoms with Gasteiger partial charge in [0.05, 0.1) is 13.2 Å². The Morgan fingerprint density at radius 2 is 1.62 bits per heavy atom. The van der Waals surface area contributed by atoms with Crippen LogP contribution in [-0.4, -0.2) is 13.7 Å². The van der Waals surface area contributed by atoms with E-state index in [0.29, 0.717) is 6.61 Å². The Bertz CT molecular complexity index is 875. The van der Waals surface area contributed by atoms with E-state index in [1.165, 1.54) is 5.39 Å². The topological polar surface area (TPSA) is 44.5 Å². The second kappa shape index (κ2) is 7.54. The lowest BCUT2D eigenvalue weighted by molar-refractivity contribution is 0.370. The highest BCUT2D eigenvalue weighted by Gasteiger charge is 2.02. The molecule has 0 saturated carbocycles. The largest absolute Gasteiger partial charge is 0.497 e. The second-order valence-electron chi connectivity index (χ2n) is 5.37. The molecule has 0 aromatic heterocycles. The van der Waals surface area contributed by atoms with Crippen molar-refractivity contribution in [3.05, 3.63) is 72.3 Å². The first kappa shape index (κ1) is 15.9. The van der Waals surface area contributed by atoms with Crippen molar-refractivity contribution >= 4 is 10.8 Å². The summed E-state index contributed by atoms with van der Waals surface area (Å²) < 4.78 is 10.8. The molecule has 120 valence electrons. The normalized spacial score (nSPS) is 11.4. The lowest BCUT2D eigenvalue weighted by Gasteiger charge is -2.06. The minimum absolute atomic E-state index is 0.308. The highest BCUT2D eigenvalue weighted by Crippen LogP contribution is 2.20. The fourth-order valence-electron chi connectivity index (χ4n) is 2.42. The first-order chi connectivity index (χ1) is 11.8. The number of hydrogen-bond acceptors (Lipinski definition) is 3. The summed E-state index contributed by atoms with van der Waals surface area (Å²) in [6.45, 7) is 0.308. The summed E-state index contributed by atoms with van der Waals surface area (Å²) in [6, 6.07) is 21.4. The Kier molecular flexibility index (Phi) is 5.00. The Morgan fingerprint density at radius 3 is 2.38 bits per heavy atom. The predicted molar refractivity (Wildman–Crippen MR) is 97.1 cm³/mol. The third kappa shape index (κ3) is 3.87. The van der Waals surface area contributed by atoms with Crippen LogP contribution in [0.2, 0.25) is 0 Å². The van der Waals surface area contributed by atoms with Gasteiger partial charge in [-0.15, -0.1) is 0 Å². The van der Waals surface area contributed by atoms with Gasteiger partial charge in [0.1, 0.15) is 18.1 Å². The Balaban J connectivity index is 1.59. The first-order valence-corrected chi connectivity index (χ1v) is 7.76. The van der Waals surface area contributed by atoms with Gasteiger partial charge in [0.2, 0.25) is 0 Å². The molecule has 0 aliphatic carbocycles. The molecule has 0 aliphatic heterocycles. The third-order valence-electron chi connectivity index (χ3n) is 3.76. The van der Waals surface area contributed by atoms with E-state index in [4.69, 9.17) is 15.2 Å². The number of benzene rings is 3. The number of methoxy groups -OCH3 is 1. The summed E-state index contributed by atoms with van der Waals surface area (Å²) in [7, 11) is 1.64. The quantitative estimate of drug-likeness (QED) is 0.742. The third-order valence-corrected chi connectivity index (χ3v) is 3.76. The zero-order valence-electron chi connectivity index (χ0n) is 13.5. The molecule has 3 aromatic rings. The second-order valence-corrected chi connectivity index (χ2v) is 5.37. The van der Waals surface area contributed by atoms with E-state index in [1.54, 1.807) is 7.11 Å². The molecule has 0 radical (unpaired) electrons. The Hall–Kier alpha value is -2.96. The van der Waals surface area contributed by atoms with Crippen LogP contribution >= 0.6 is 0 Å². The molecule has 0 heterocycles. The molecule has 0 bridgehead atoms. The average Bonchev–Trinajstić information content (AvgIpc) is 2.65. The van der Waals surface area contributed by atoms with Crippen molar-refractivity contribution in [1.82, 2.24) is 0 Å². The molecule has 1 unspecified atom stereocenters. The smallest absolute Gasteiger partial charge is 0.149 e. The molecule has 3 nitrogen and oxygen atoms in total. The fraction of sp³-hybridized carbons (Fsp3) is 0.143. The van der Waals surface area contributed by atoms with Crippen LogP contribution in [0.15, 0.2) is 66.7 Å². The van der Waals surface area contributed by atoms with Gasteiger partial charge in [0.25, 0.3) is 0 Å². The maximum Gasteiger partial charge on any atom is 0.149 e. The molecule has 3 aromatic carbocycles. The van der Waals surface area contributed by atoms with E-state index < -0.39 is 0 Å². The van der Waals surface area contributed by atoms with Gasteiger partial charge in [0, 0.05) is 0 Å². The van der Waals surface area contributed by atoms with Crippen molar-refractivity contribution in [3.8, 4) is 23.3 Å². The monoisotopic (exact) mass is 317 g/mol. The van der Waals surface area contributed by atoms with E-state index in [9.17, 15) is 0 Å². The van der Waals surface area contributed by atoms with Crippen molar-refractivity contribution in [2.45, 2.75) is 6.04 Å². The molecule has 2 N–H and O–H groups in total. The van der Waals surface area contributed by atoms with Gasteiger partial charge in [-0.3, -0.25) is 0 Å². The molecule has 1 atom stereocenters. The number of fused-ring (bicyclic) bond motifs is 1. The lowest BCUT2D eigenvalue weighted by Crippen LogP contribution is -2.08. The van der Waals surface area contributed by atoms with Gasteiger partial charge in [0.15, 0.2) is 0 Å². The number of nitrogens with two attached hydrogens (primary N) is 1. The van der Waals surface area contributed by atoms with Crippen LogP contribution in [0.5, 0.6) is 11.5 Å². The van der Waals surface area contributed by atoms with Gasteiger partial charge in [-0.25, -0.2) is 0 Å². The van der Waals surface area contributed by atoms with E-state index in [0.717, 1.165) is 22.4 Å². The number of rotatable bonds is 4. The summed E-state index contributed by atoms with van der Waals surface area (Å²) in [5, 5.41) is 2.34. The number of hydrogen-bond donors (Lipinski definition) is 1. The molecule has 0 spiro atoms. The maximum atomic E-state index is 6.07. The van der Waals surface area contributed by atoms with Gasteiger partial charge in [-0.1, -0.05) is 54.3 Å². The standard InChI is InChI=1S/C21H19NO2/c1-23-19-11-9-17(10-12-19)21(22)7-4-14-24-20-13-8-16-5-2-3-6-18(16)15-20/h2-3,5-6,8-13,15,21H,14,22H2,1H3.